The summed E-state index contributed by atoms with van der Waals surface area (Å²) in [6.45, 7) is 7.13. The van der Waals surface area contributed by atoms with Crippen LogP contribution in [0.3, 0.4) is 0 Å². The first-order chi connectivity index (χ1) is 31.9. The summed E-state index contributed by atoms with van der Waals surface area (Å²) in [5.74, 6) is -0.124. The lowest BCUT2D eigenvalue weighted by Gasteiger charge is -2.60. The second-order valence-corrected chi connectivity index (χ2v) is 17.3. The zero-order valence-corrected chi connectivity index (χ0v) is 37.2. The SMILES string of the molecule is C=CCO[C@@]12Oc3ccc(Oc4ccc5ccccc5c4)cc3[C@H]3[C@H](CCCCO)[C@@H](CCCCO)C=C(C(=NOCc4ccccc4)C[C@@H]1N(CCC)C(=O)c1ccc(C#N)cc1)[C@H]32. The normalized spacial score (nSPS) is 22.5. The van der Waals surface area contributed by atoms with Crippen LogP contribution in [0.15, 0.2) is 145 Å². The van der Waals surface area contributed by atoms with Crippen molar-refractivity contribution in [3.05, 3.63) is 162 Å². The number of rotatable bonds is 20. The lowest BCUT2D eigenvalue weighted by atomic mass is 9.55. The summed E-state index contributed by atoms with van der Waals surface area (Å²) in [4.78, 5) is 23.2. The number of carbonyl (C=O) groups excluding carboxylic acids is 1. The minimum absolute atomic E-state index is 0.0540. The molecule has 5 aromatic carbocycles. The fourth-order valence-electron chi connectivity index (χ4n) is 10.3. The van der Waals surface area contributed by atoms with Gasteiger partial charge in [-0.2, -0.15) is 5.26 Å². The molecule has 8 rings (SSSR count). The molecule has 10 heteroatoms. The summed E-state index contributed by atoms with van der Waals surface area (Å²) in [5, 5.41) is 36.8. The van der Waals surface area contributed by atoms with Crippen LogP contribution in [0.1, 0.15) is 91.3 Å². The van der Waals surface area contributed by atoms with Gasteiger partial charge in [0, 0.05) is 43.2 Å². The van der Waals surface area contributed by atoms with Crippen molar-refractivity contribution in [2.75, 3.05) is 26.4 Å². The Hall–Kier alpha value is -6.25. The molecule has 0 unspecified atom stereocenters. The van der Waals surface area contributed by atoms with Crippen LogP contribution in [-0.4, -0.2) is 64.9 Å². The van der Waals surface area contributed by atoms with Gasteiger partial charge in [-0.15, -0.1) is 6.58 Å². The molecule has 1 amide bonds. The first kappa shape index (κ1) is 45.3. The highest BCUT2D eigenvalue weighted by atomic mass is 16.7. The Kier molecular flexibility index (Phi) is 14.8. The fourth-order valence-corrected chi connectivity index (χ4v) is 10.3. The Balaban J connectivity index is 1.32. The van der Waals surface area contributed by atoms with Gasteiger partial charge in [0.25, 0.3) is 5.91 Å². The maximum absolute atomic E-state index is 15.0. The lowest BCUT2D eigenvalue weighted by Crippen LogP contribution is -2.70. The molecule has 336 valence electrons. The molecule has 65 heavy (non-hydrogen) atoms. The second-order valence-electron chi connectivity index (χ2n) is 17.3. The predicted molar refractivity (Wildman–Crippen MR) is 253 cm³/mol. The monoisotopic (exact) mass is 873 g/mol. The third kappa shape index (κ3) is 9.74. The molecule has 0 bridgehead atoms. The van der Waals surface area contributed by atoms with E-state index in [9.17, 15) is 15.5 Å². The van der Waals surface area contributed by atoms with Crippen molar-refractivity contribution in [3.63, 3.8) is 0 Å². The fraction of sp³-hybridized carbons (Fsp3) is 0.364. The zero-order chi connectivity index (χ0) is 45.2. The quantitative estimate of drug-likeness (QED) is 0.0449. The van der Waals surface area contributed by atoms with Gasteiger partial charge in [-0.25, -0.2) is 0 Å². The molecule has 0 aromatic heterocycles. The van der Waals surface area contributed by atoms with Crippen LogP contribution in [-0.2, 0) is 16.2 Å². The van der Waals surface area contributed by atoms with E-state index in [0.29, 0.717) is 54.2 Å². The molecule has 3 aliphatic rings. The summed E-state index contributed by atoms with van der Waals surface area (Å²) in [5.41, 5.74) is 4.56. The van der Waals surface area contributed by atoms with E-state index in [4.69, 9.17) is 24.2 Å². The van der Waals surface area contributed by atoms with Gasteiger partial charge < -0.3 is 34.2 Å². The summed E-state index contributed by atoms with van der Waals surface area (Å²) >= 11 is 0. The van der Waals surface area contributed by atoms with Crippen LogP contribution in [0.25, 0.3) is 10.8 Å². The standard InChI is InChI=1S/C55H59N3O7/c1-3-28-58(54(61)41-22-20-38(36-56)21-23-41)51-35-49(57-63-37-39-14-6-5-7-15-39)47-33-43(18-10-12-29-59)46(19-11-13-30-60)52-48-34-45(64-44-25-24-40-16-8-9-17-42(40)32-44)26-27-50(48)65-55(51,53(47)52)62-31-4-2/h4-9,14-17,20-27,32-34,43,46,51-53,59-60H,2-3,10-13,18-19,28-31,35,37H2,1H3/t43-,46+,51-,52+,53+,55+/m0/s1. The number of oxime groups is 1. The first-order valence-corrected chi connectivity index (χ1v) is 23.1. The molecular formula is C55H59N3O7. The zero-order valence-electron chi connectivity index (χ0n) is 37.2. The highest BCUT2D eigenvalue weighted by molar-refractivity contribution is 6.03. The maximum atomic E-state index is 15.0. The van der Waals surface area contributed by atoms with Gasteiger partial charge in [-0.05, 0) is 120 Å². The van der Waals surface area contributed by atoms with E-state index in [-0.39, 0.29) is 56.5 Å². The number of hydrogen-bond acceptors (Lipinski definition) is 9. The third-order valence-electron chi connectivity index (χ3n) is 13.2. The molecule has 2 aliphatic carbocycles. The van der Waals surface area contributed by atoms with Gasteiger partial charge >= 0.3 is 0 Å². The Labute approximate surface area is 382 Å². The molecule has 6 atom stereocenters. The van der Waals surface area contributed by atoms with Crippen molar-refractivity contribution in [2.45, 2.75) is 82.6 Å². The van der Waals surface area contributed by atoms with Gasteiger partial charge in [0.1, 0.15) is 29.9 Å². The minimum atomic E-state index is -1.40. The molecule has 1 aliphatic heterocycles. The van der Waals surface area contributed by atoms with E-state index in [1.807, 2.05) is 78.6 Å². The van der Waals surface area contributed by atoms with E-state index in [1.54, 1.807) is 30.3 Å². The van der Waals surface area contributed by atoms with Crippen molar-refractivity contribution >= 4 is 22.4 Å². The number of allylic oxidation sites excluding steroid dienone is 1. The number of hydrogen-bond donors (Lipinski definition) is 2. The van der Waals surface area contributed by atoms with E-state index in [0.717, 1.165) is 58.9 Å². The molecule has 1 heterocycles. The van der Waals surface area contributed by atoms with E-state index in [2.05, 4.69) is 43.0 Å². The number of ether oxygens (including phenoxy) is 3. The number of benzene rings is 5. The highest BCUT2D eigenvalue weighted by Gasteiger charge is 2.65. The Morgan fingerprint density at radius 2 is 1.63 bits per heavy atom. The number of aliphatic hydroxyl groups excluding tert-OH is 2. The van der Waals surface area contributed by atoms with Crippen LogP contribution in [0.4, 0.5) is 0 Å². The Morgan fingerprint density at radius 1 is 0.908 bits per heavy atom. The number of unbranched alkanes of at least 4 members (excludes halogenated alkanes) is 2. The average Bonchev–Trinajstić information content (AvgIpc) is 3.34. The van der Waals surface area contributed by atoms with Gasteiger partial charge in [-0.3, -0.25) is 4.79 Å². The number of nitriles is 1. The number of amides is 1. The summed E-state index contributed by atoms with van der Waals surface area (Å²) in [7, 11) is 0. The molecule has 5 aromatic rings. The largest absolute Gasteiger partial charge is 0.459 e. The van der Waals surface area contributed by atoms with Crippen molar-refractivity contribution in [2.24, 2.45) is 22.9 Å². The molecule has 2 N–H and O–H groups in total. The number of aliphatic hydroxyl groups is 2. The molecule has 0 spiro atoms. The minimum Gasteiger partial charge on any atom is -0.459 e. The summed E-state index contributed by atoms with van der Waals surface area (Å²) in [6, 6.07) is 38.5. The van der Waals surface area contributed by atoms with Crippen LogP contribution in [0.5, 0.6) is 17.2 Å². The van der Waals surface area contributed by atoms with Crippen LogP contribution in [0.2, 0.25) is 0 Å². The van der Waals surface area contributed by atoms with Gasteiger partial charge in [-0.1, -0.05) is 97.7 Å². The summed E-state index contributed by atoms with van der Waals surface area (Å²) in [6.07, 6.45) is 9.63. The van der Waals surface area contributed by atoms with Gasteiger partial charge in [0.15, 0.2) is 0 Å². The molecule has 1 saturated carbocycles. The number of carbonyl (C=O) groups is 1. The first-order valence-electron chi connectivity index (χ1n) is 23.1. The van der Waals surface area contributed by atoms with E-state index >= 15 is 4.79 Å². The summed E-state index contributed by atoms with van der Waals surface area (Å²) < 4.78 is 21.3. The van der Waals surface area contributed by atoms with E-state index < -0.39 is 17.7 Å². The van der Waals surface area contributed by atoms with Gasteiger partial charge in [0.05, 0.1) is 29.9 Å². The van der Waals surface area contributed by atoms with Crippen LogP contribution in [0, 0.1) is 29.1 Å². The highest BCUT2D eigenvalue weighted by Crippen LogP contribution is 2.62. The van der Waals surface area contributed by atoms with Crippen molar-refractivity contribution in [1.82, 2.24) is 4.90 Å². The maximum Gasteiger partial charge on any atom is 0.254 e. The molecule has 0 radical (unpaired) electrons. The second kappa shape index (κ2) is 21.2. The average molecular weight is 874 g/mol. The topological polar surface area (TPSA) is 134 Å². The lowest BCUT2D eigenvalue weighted by molar-refractivity contribution is -0.254. The van der Waals surface area contributed by atoms with Crippen molar-refractivity contribution in [1.29, 1.82) is 5.26 Å². The Bertz CT molecular complexity index is 2530. The predicted octanol–water partition coefficient (Wildman–Crippen LogP) is 10.9. The molecule has 0 saturated heterocycles. The van der Waals surface area contributed by atoms with Crippen LogP contribution < -0.4 is 9.47 Å². The number of fused-ring (bicyclic) bond motifs is 3. The smallest absolute Gasteiger partial charge is 0.254 e. The molecular weight excluding hydrogens is 815 g/mol. The van der Waals surface area contributed by atoms with E-state index in [1.165, 1.54) is 0 Å². The Morgan fingerprint density at radius 3 is 2.37 bits per heavy atom. The molecule has 1 fully saturated rings. The third-order valence-corrected chi connectivity index (χ3v) is 13.2. The van der Waals surface area contributed by atoms with Crippen LogP contribution >= 0.6 is 0 Å². The van der Waals surface area contributed by atoms with Crippen molar-refractivity contribution in [3.8, 4) is 23.3 Å². The van der Waals surface area contributed by atoms with Gasteiger partial charge in [0.2, 0.25) is 5.79 Å². The molecule has 10 nitrogen and oxygen atoms in total. The number of nitrogens with zero attached hydrogens (tertiary/aromatic N) is 3. The van der Waals surface area contributed by atoms with Crippen molar-refractivity contribution < 1.29 is 34.1 Å².